The number of alkyl halides is 3. The number of ether oxygens (including phenoxy) is 2. The number of aryl methyl sites for hydroxylation is 1. The van der Waals surface area contributed by atoms with Crippen LogP contribution in [-0.4, -0.2) is 66.2 Å². The molecule has 242 valence electrons. The van der Waals surface area contributed by atoms with Gasteiger partial charge in [-0.05, 0) is 50.1 Å². The summed E-state index contributed by atoms with van der Waals surface area (Å²) >= 11 is 0. The molecule has 2 aromatic heterocycles. The van der Waals surface area contributed by atoms with E-state index in [9.17, 15) is 31.2 Å². The van der Waals surface area contributed by atoms with Gasteiger partial charge in [-0.25, -0.2) is 22.6 Å². The second kappa shape index (κ2) is 12.6. The van der Waals surface area contributed by atoms with Gasteiger partial charge < -0.3 is 14.3 Å². The molecule has 1 atom stereocenters. The van der Waals surface area contributed by atoms with E-state index in [4.69, 9.17) is 18.9 Å². The fraction of sp³-hybridized carbons (Fsp3) is 0.370. The molecule has 1 aliphatic rings. The number of esters is 1. The van der Waals surface area contributed by atoms with E-state index in [1.54, 1.807) is 36.2 Å². The lowest BCUT2D eigenvalue weighted by Gasteiger charge is -2.19. The number of sulfonamides is 1. The summed E-state index contributed by atoms with van der Waals surface area (Å²) in [5.74, 6) is -0.447. The molecule has 4 aromatic rings. The van der Waals surface area contributed by atoms with Crippen molar-refractivity contribution < 1.29 is 50.1 Å². The molecule has 5 rings (SSSR count). The molecule has 1 N–H and O–H groups in total. The number of hydrogen-bond acceptors (Lipinski definition) is 10. The maximum Gasteiger partial charge on any atom is 0.435 e. The number of amides is 1. The van der Waals surface area contributed by atoms with Gasteiger partial charge in [0.15, 0.2) is 5.69 Å². The number of carbonyl (C=O) groups is 2. The monoisotopic (exact) mass is 654 g/mol. The molecule has 0 spiro atoms. The minimum atomic E-state index is -4.70. The molecule has 1 unspecified atom stereocenters. The Morgan fingerprint density at radius 1 is 1.09 bits per heavy atom. The standard InChI is InChI=1S/C27H29F3N6O8S/c1-3-25(37)42-17-43-36-35(44-36)33-14-4-5-21(33)16-41-26(38)32-45(39,40)22-12-10-20(11-13-22)34-23(15-24(31-34)27(28,29)30)19-8-6-18(2)7-9-19/h6-13,15,21H,3-5,14,16-17H2,1-2H3,(H,32,38). The first-order chi connectivity index (χ1) is 21.4. The summed E-state index contributed by atoms with van der Waals surface area (Å²) < 4.78 is 84.2. The largest absolute Gasteiger partial charge is 0.447 e. The van der Waals surface area contributed by atoms with Crippen molar-refractivity contribution in [2.24, 2.45) is 0 Å². The van der Waals surface area contributed by atoms with Crippen molar-refractivity contribution in [3.05, 3.63) is 65.9 Å². The highest BCUT2D eigenvalue weighted by Crippen LogP contribution is 2.33. The van der Waals surface area contributed by atoms with Gasteiger partial charge in [0.1, 0.15) is 11.6 Å². The van der Waals surface area contributed by atoms with Gasteiger partial charge in [-0.1, -0.05) is 36.8 Å². The minimum Gasteiger partial charge on any atom is -0.447 e. The first-order valence-electron chi connectivity index (χ1n) is 13.7. The Hall–Kier alpha value is -4.87. The second-order valence-electron chi connectivity index (χ2n) is 10.0. The Kier molecular flexibility index (Phi) is 8.85. The molecule has 0 saturated carbocycles. The van der Waals surface area contributed by atoms with Crippen molar-refractivity contribution in [3.8, 4) is 16.9 Å². The zero-order valence-electron chi connectivity index (χ0n) is 24.1. The Morgan fingerprint density at radius 2 is 1.80 bits per heavy atom. The summed E-state index contributed by atoms with van der Waals surface area (Å²) in [6, 6.07) is 12.2. The third-order valence-electron chi connectivity index (χ3n) is 6.86. The highest BCUT2D eigenvalue weighted by Gasteiger charge is 2.36. The Balaban J connectivity index is 1.21. The van der Waals surface area contributed by atoms with Crippen LogP contribution in [0.5, 0.6) is 0 Å². The Bertz CT molecular complexity index is 1740. The zero-order valence-corrected chi connectivity index (χ0v) is 24.9. The van der Waals surface area contributed by atoms with E-state index in [0.29, 0.717) is 18.5 Å². The molecule has 1 aliphatic heterocycles. The number of rotatable bonds is 11. The van der Waals surface area contributed by atoms with E-state index < -0.39 is 34.0 Å². The fourth-order valence-electron chi connectivity index (χ4n) is 4.50. The number of benzene rings is 2. The maximum atomic E-state index is 13.5. The van der Waals surface area contributed by atoms with E-state index >= 15 is 0 Å². The lowest BCUT2D eigenvalue weighted by molar-refractivity contribution is -0.159. The number of halogens is 3. The van der Waals surface area contributed by atoms with Crippen LogP contribution >= 0.6 is 0 Å². The topological polar surface area (TPSA) is 152 Å². The third-order valence-corrected chi connectivity index (χ3v) is 8.19. The van der Waals surface area contributed by atoms with Crippen LogP contribution in [0.25, 0.3) is 16.9 Å². The highest BCUT2D eigenvalue weighted by atomic mass is 32.2. The van der Waals surface area contributed by atoms with Crippen molar-refractivity contribution in [1.29, 1.82) is 0 Å². The number of nitrogens with zero attached hydrogens (tertiary/aromatic N) is 5. The van der Waals surface area contributed by atoms with Gasteiger partial charge in [0.2, 0.25) is 0 Å². The van der Waals surface area contributed by atoms with Crippen LogP contribution in [0.2, 0.25) is 0 Å². The molecular formula is C27H29F3N6O8S. The molecule has 1 amide bonds. The van der Waals surface area contributed by atoms with E-state index in [2.05, 4.69) is 5.10 Å². The van der Waals surface area contributed by atoms with E-state index in [0.717, 1.165) is 39.9 Å². The summed E-state index contributed by atoms with van der Waals surface area (Å²) in [6.45, 7) is 3.47. The fourth-order valence-corrected chi connectivity index (χ4v) is 5.39. The van der Waals surface area contributed by atoms with Crippen LogP contribution in [0.4, 0.5) is 18.0 Å². The lowest BCUT2D eigenvalue weighted by atomic mass is 10.1. The molecule has 1 fully saturated rings. The Morgan fingerprint density at radius 3 is 2.47 bits per heavy atom. The van der Waals surface area contributed by atoms with Crippen LogP contribution < -0.4 is 14.6 Å². The Labute approximate surface area is 254 Å². The van der Waals surface area contributed by atoms with Gasteiger partial charge in [0.05, 0.1) is 27.3 Å². The van der Waals surface area contributed by atoms with Crippen molar-refractivity contribution in [2.45, 2.75) is 50.2 Å². The van der Waals surface area contributed by atoms with Crippen LogP contribution in [0.3, 0.4) is 0 Å². The first kappa shape index (κ1) is 31.6. The number of hydrogen-bond donors (Lipinski definition) is 1. The highest BCUT2D eigenvalue weighted by molar-refractivity contribution is 7.90. The summed E-state index contributed by atoms with van der Waals surface area (Å²) in [5, 5.41) is 6.38. The first-order valence-corrected chi connectivity index (χ1v) is 15.2. The number of aromatic nitrogens is 4. The van der Waals surface area contributed by atoms with Gasteiger partial charge in [0, 0.05) is 18.5 Å². The molecule has 18 heteroatoms. The lowest BCUT2D eigenvalue weighted by Crippen LogP contribution is -2.42. The maximum absolute atomic E-state index is 13.5. The van der Waals surface area contributed by atoms with Gasteiger partial charge in [-0.3, -0.25) is 9.80 Å². The zero-order chi connectivity index (χ0) is 32.4. The average molecular weight is 655 g/mol. The second-order valence-corrected chi connectivity index (χ2v) is 11.7. The molecule has 0 aliphatic carbocycles. The minimum absolute atomic E-state index is 0.156. The van der Waals surface area contributed by atoms with Crippen LogP contribution in [-0.2, 0) is 30.5 Å². The summed E-state index contributed by atoms with van der Waals surface area (Å²) in [5.41, 5.74) is 0.614. The van der Waals surface area contributed by atoms with E-state index in [-0.39, 0.29) is 42.1 Å². The smallest absolute Gasteiger partial charge is 0.435 e. The molecule has 0 radical (unpaired) electrons. The van der Waals surface area contributed by atoms with Crippen LogP contribution in [0.1, 0.15) is 37.4 Å². The van der Waals surface area contributed by atoms with Crippen molar-refractivity contribution in [3.63, 3.8) is 0 Å². The molecule has 1 saturated heterocycles. The van der Waals surface area contributed by atoms with Gasteiger partial charge in [-0.15, -0.1) is 0 Å². The van der Waals surface area contributed by atoms with Crippen molar-refractivity contribution in [2.75, 3.05) is 25.0 Å². The molecule has 14 nitrogen and oxygen atoms in total. The quantitative estimate of drug-likeness (QED) is 0.188. The molecule has 2 aromatic carbocycles. The normalized spacial score (nSPS) is 15.3. The molecule has 3 heterocycles. The van der Waals surface area contributed by atoms with Gasteiger partial charge in [0.25, 0.3) is 16.8 Å². The predicted molar refractivity (Wildman–Crippen MR) is 149 cm³/mol. The molecule has 0 bridgehead atoms. The van der Waals surface area contributed by atoms with E-state index in [1.165, 1.54) is 17.1 Å². The third kappa shape index (κ3) is 7.44. The molecule has 45 heavy (non-hydrogen) atoms. The van der Waals surface area contributed by atoms with Crippen molar-refractivity contribution >= 4 is 22.1 Å². The van der Waals surface area contributed by atoms with Gasteiger partial charge >= 0.3 is 18.2 Å². The van der Waals surface area contributed by atoms with Gasteiger partial charge in [-0.2, -0.15) is 22.9 Å². The SMILES string of the molecule is CCC(=O)OCOn1on1N1CCCC1COC(=O)NS(=O)(=O)c1ccc(-n2nc(C(F)(F)F)cc2-c2ccc(C)cc2)cc1. The average Bonchev–Trinajstić information content (AvgIpc) is 3.37. The van der Waals surface area contributed by atoms with E-state index in [1.807, 2.05) is 11.6 Å². The summed E-state index contributed by atoms with van der Waals surface area (Å²) in [4.78, 5) is 29.7. The molecular weight excluding hydrogens is 625 g/mol. The number of nitrogens with one attached hydrogen (secondary N) is 1. The van der Waals surface area contributed by atoms with Crippen molar-refractivity contribution in [1.82, 2.24) is 24.5 Å². The number of carbonyl (C=O) groups excluding carboxylic acids is 2. The van der Waals surface area contributed by atoms with Crippen LogP contribution in [0.15, 0.2) is 64.1 Å². The van der Waals surface area contributed by atoms with Crippen LogP contribution in [0, 0.1) is 6.92 Å². The summed E-state index contributed by atoms with van der Waals surface area (Å²) in [6.07, 6.45) is -4.40. The summed E-state index contributed by atoms with van der Waals surface area (Å²) in [7, 11) is -4.39. The predicted octanol–water partition coefficient (Wildman–Crippen LogP) is 3.62.